The summed E-state index contributed by atoms with van der Waals surface area (Å²) in [6, 6.07) is 4.90. The fourth-order valence-corrected chi connectivity index (χ4v) is 4.28. The standard InChI is InChI=1S/C21H29N3O3/c1-13(25)23-18-8-16(9-19(11-18)24-14(2)26)21(27)22-12-17-10-20(17)15-6-4-3-5-7-15/h8-9,11,15,17,20H,3-7,10,12H2,1-2H3,(H,22,27)(H,23,25)(H,24,26)/t17-,20-/m1/s1. The number of anilines is 2. The number of nitrogens with one attached hydrogen (secondary N) is 3. The second-order valence-corrected chi connectivity index (χ2v) is 7.93. The van der Waals surface area contributed by atoms with Crippen LogP contribution in [0.3, 0.4) is 0 Å². The molecule has 2 aliphatic rings. The second kappa shape index (κ2) is 8.55. The van der Waals surface area contributed by atoms with E-state index < -0.39 is 0 Å². The molecule has 2 saturated carbocycles. The van der Waals surface area contributed by atoms with E-state index in [0.717, 1.165) is 11.8 Å². The topological polar surface area (TPSA) is 87.3 Å². The lowest BCUT2D eigenvalue weighted by atomic mass is 9.85. The van der Waals surface area contributed by atoms with Gasteiger partial charge >= 0.3 is 0 Å². The molecule has 0 aromatic heterocycles. The number of hydrogen-bond donors (Lipinski definition) is 3. The van der Waals surface area contributed by atoms with Crippen LogP contribution in [-0.4, -0.2) is 24.3 Å². The highest BCUT2D eigenvalue weighted by molar-refractivity contribution is 5.99. The molecule has 2 aliphatic carbocycles. The Morgan fingerprint density at radius 2 is 1.52 bits per heavy atom. The zero-order valence-electron chi connectivity index (χ0n) is 16.1. The van der Waals surface area contributed by atoms with Crippen LogP contribution >= 0.6 is 0 Å². The van der Waals surface area contributed by atoms with Crippen molar-refractivity contribution in [1.29, 1.82) is 0 Å². The van der Waals surface area contributed by atoms with Crippen LogP contribution in [-0.2, 0) is 9.59 Å². The maximum atomic E-state index is 12.6. The Bertz CT molecular complexity index is 691. The van der Waals surface area contributed by atoms with Crippen molar-refractivity contribution >= 4 is 29.1 Å². The van der Waals surface area contributed by atoms with Crippen LogP contribution in [0.5, 0.6) is 0 Å². The fourth-order valence-electron chi connectivity index (χ4n) is 4.28. The van der Waals surface area contributed by atoms with E-state index in [0.29, 0.717) is 29.4 Å². The van der Waals surface area contributed by atoms with Crippen molar-refractivity contribution in [3.05, 3.63) is 23.8 Å². The van der Waals surface area contributed by atoms with Gasteiger partial charge in [-0.15, -0.1) is 0 Å². The lowest BCUT2D eigenvalue weighted by molar-refractivity contribution is -0.115. The molecule has 0 radical (unpaired) electrons. The fraction of sp³-hybridized carbons (Fsp3) is 0.571. The molecule has 6 nitrogen and oxygen atoms in total. The highest BCUT2D eigenvalue weighted by Crippen LogP contribution is 2.48. The molecule has 146 valence electrons. The maximum Gasteiger partial charge on any atom is 0.251 e. The number of rotatable bonds is 6. The first-order valence-electron chi connectivity index (χ1n) is 9.91. The highest BCUT2D eigenvalue weighted by atomic mass is 16.2. The summed E-state index contributed by atoms with van der Waals surface area (Å²) in [5.41, 5.74) is 1.41. The van der Waals surface area contributed by atoms with Crippen LogP contribution in [0.2, 0.25) is 0 Å². The molecule has 0 aliphatic heterocycles. The molecule has 2 fully saturated rings. The number of amides is 3. The van der Waals surface area contributed by atoms with Gasteiger partial charge in [0.05, 0.1) is 0 Å². The Labute approximate surface area is 160 Å². The van der Waals surface area contributed by atoms with E-state index in [1.807, 2.05) is 0 Å². The number of carbonyl (C=O) groups excluding carboxylic acids is 3. The predicted octanol–water partition coefficient (Wildman–Crippen LogP) is 3.55. The minimum absolute atomic E-state index is 0.178. The summed E-state index contributed by atoms with van der Waals surface area (Å²) < 4.78 is 0. The van der Waals surface area contributed by atoms with Gasteiger partial charge in [0.1, 0.15) is 0 Å². The quantitative estimate of drug-likeness (QED) is 0.715. The zero-order chi connectivity index (χ0) is 19.4. The van der Waals surface area contributed by atoms with E-state index in [2.05, 4.69) is 16.0 Å². The van der Waals surface area contributed by atoms with Gasteiger partial charge < -0.3 is 16.0 Å². The van der Waals surface area contributed by atoms with Crippen molar-refractivity contribution < 1.29 is 14.4 Å². The van der Waals surface area contributed by atoms with Crippen LogP contribution in [0.1, 0.15) is 62.7 Å². The lowest BCUT2D eigenvalue weighted by Crippen LogP contribution is -2.27. The van der Waals surface area contributed by atoms with Crippen molar-refractivity contribution in [3.63, 3.8) is 0 Å². The summed E-state index contributed by atoms with van der Waals surface area (Å²) in [5, 5.41) is 8.37. The van der Waals surface area contributed by atoms with Gasteiger partial charge in [-0.3, -0.25) is 14.4 Å². The van der Waals surface area contributed by atoms with E-state index in [-0.39, 0.29) is 17.7 Å². The first-order chi connectivity index (χ1) is 12.9. The SMILES string of the molecule is CC(=O)Nc1cc(NC(C)=O)cc(C(=O)NC[C@H]2C[C@@H]2C2CCCCC2)c1. The molecule has 3 N–H and O–H groups in total. The maximum absolute atomic E-state index is 12.6. The van der Waals surface area contributed by atoms with Gasteiger partial charge in [-0.25, -0.2) is 0 Å². The van der Waals surface area contributed by atoms with Crippen LogP contribution < -0.4 is 16.0 Å². The average molecular weight is 371 g/mol. The Hall–Kier alpha value is -2.37. The van der Waals surface area contributed by atoms with Crippen molar-refractivity contribution in [2.24, 2.45) is 17.8 Å². The second-order valence-electron chi connectivity index (χ2n) is 7.93. The lowest BCUT2D eigenvalue weighted by Gasteiger charge is -2.21. The van der Waals surface area contributed by atoms with Crippen molar-refractivity contribution in [1.82, 2.24) is 5.32 Å². The Morgan fingerprint density at radius 3 is 2.07 bits per heavy atom. The minimum atomic E-state index is -0.227. The predicted molar refractivity (Wildman–Crippen MR) is 106 cm³/mol. The molecule has 3 amide bonds. The molecular formula is C21H29N3O3. The Balaban J connectivity index is 1.59. The van der Waals surface area contributed by atoms with Crippen molar-refractivity contribution in [3.8, 4) is 0 Å². The Kier molecular flexibility index (Phi) is 6.14. The molecule has 1 aromatic carbocycles. The summed E-state index contributed by atoms with van der Waals surface area (Å²) in [7, 11) is 0. The van der Waals surface area contributed by atoms with Crippen LogP contribution in [0.15, 0.2) is 18.2 Å². The third-order valence-corrected chi connectivity index (χ3v) is 5.59. The van der Waals surface area contributed by atoms with Gasteiger partial charge in [0.25, 0.3) is 5.91 Å². The Morgan fingerprint density at radius 1 is 0.926 bits per heavy atom. The monoisotopic (exact) mass is 371 g/mol. The smallest absolute Gasteiger partial charge is 0.251 e. The molecule has 0 saturated heterocycles. The highest BCUT2D eigenvalue weighted by Gasteiger charge is 2.42. The largest absolute Gasteiger partial charge is 0.352 e. The molecule has 27 heavy (non-hydrogen) atoms. The third kappa shape index (κ3) is 5.55. The molecule has 0 unspecified atom stereocenters. The summed E-state index contributed by atoms with van der Waals surface area (Å²) in [6.45, 7) is 3.51. The van der Waals surface area contributed by atoms with Gasteiger partial charge in [-0.05, 0) is 42.4 Å². The van der Waals surface area contributed by atoms with E-state index in [9.17, 15) is 14.4 Å². The molecule has 0 bridgehead atoms. The van der Waals surface area contributed by atoms with Crippen LogP contribution in [0.25, 0.3) is 0 Å². The molecule has 3 rings (SSSR count). The third-order valence-electron chi connectivity index (χ3n) is 5.59. The van der Waals surface area contributed by atoms with E-state index in [1.165, 1.54) is 52.4 Å². The van der Waals surface area contributed by atoms with Gasteiger partial charge in [0.15, 0.2) is 0 Å². The van der Waals surface area contributed by atoms with E-state index in [1.54, 1.807) is 18.2 Å². The van der Waals surface area contributed by atoms with Crippen LogP contribution in [0, 0.1) is 17.8 Å². The molecule has 6 heteroatoms. The van der Waals surface area contributed by atoms with Crippen molar-refractivity contribution in [2.75, 3.05) is 17.2 Å². The first kappa shape index (κ1) is 19.4. The normalized spacial score (nSPS) is 22.0. The molecule has 0 spiro atoms. The number of benzene rings is 1. The summed E-state index contributed by atoms with van der Waals surface area (Å²) in [4.78, 5) is 35.3. The zero-order valence-corrected chi connectivity index (χ0v) is 16.1. The van der Waals surface area contributed by atoms with E-state index in [4.69, 9.17) is 0 Å². The van der Waals surface area contributed by atoms with Crippen LogP contribution in [0.4, 0.5) is 11.4 Å². The molecule has 0 heterocycles. The van der Waals surface area contributed by atoms with Gasteiger partial charge in [0.2, 0.25) is 11.8 Å². The average Bonchev–Trinajstić information content (AvgIpc) is 3.38. The van der Waals surface area contributed by atoms with Gasteiger partial charge in [-0.2, -0.15) is 0 Å². The number of hydrogen-bond acceptors (Lipinski definition) is 3. The molecular weight excluding hydrogens is 342 g/mol. The minimum Gasteiger partial charge on any atom is -0.352 e. The van der Waals surface area contributed by atoms with Crippen molar-refractivity contribution in [2.45, 2.75) is 52.4 Å². The molecule has 1 aromatic rings. The van der Waals surface area contributed by atoms with Gasteiger partial charge in [-0.1, -0.05) is 32.1 Å². The summed E-state index contributed by atoms with van der Waals surface area (Å²) >= 11 is 0. The van der Waals surface area contributed by atoms with E-state index >= 15 is 0 Å². The summed E-state index contributed by atoms with van der Waals surface area (Å²) in [5.74, 6) is 1.57. The molecule has 2 atom stereocenters. The number of carbonyl (C=O) groups is 3. The summed E-state index contributed by atoms with van der Waals surface area (Å²) in [6.07, 6.45) is 7.96. The first-order valence-corrected chi connectivity index (χ1v) is 9.91. The van der Waals surface area contributed by atoms with Gasteiger partial charge in [0, 0.05) is 37.3 Å².